The number of aromatic nitrogens is 1. The van der Waals surface area contributed by atoms with E-state index in [1.807, 2.05) is 53.4 Å². The largest absolute Gasteiger partial charge is 0.497 e. The van der Waals surface area contributed by atoms with Crippen molar-refractivity contribution in [3.05, 3.63) is 76.1 Å². The summed E-state index contributed by atoms with van der Waals surface area (Å²) in [6.45, 7) is 1.64. The molecule has 29 heavy (non-hydrogen) atoms. The average Bonchev–Trinajstić information content (AvgIpc) is 2.77. The average molecular weight is 392 g/mol. The van der Waals surface area contributed by atoms with Crippen molar-refractivity contribution < 1.29 is 14.3 Å². The first-order chi connectivity index (χ1) is 14.1. The molecule has 1 aliphatic rings. The van der Waals surface area contributed by atoms with Crippen molar-refractivity contribution >= 4 is 16.8 Å². The van der Waals surface area contributed by atoms with Crippen molar-refractivity contribution in [1.82, 2.24) is 9.88 Å². The fourth-order valence-corrected chi connectivity index (χ4v) is 3.68. The monoisotopic (exact) mass is 392 g/mol. The Morgan fingerprint density at radius 3 is 2.83 bits per heavy atom. The fourth-order valence-electron chi connectivity index (χ4n) is 3.68. The van der Waals surface area contributed by atoms with Gasteiger partial charge in [0, 0.05) is 24.6 Å². The highest BCUT2D eigenvalue weighted by Gasteiger charge is 2.25. The van der Waals surface area contributed by atoms with Gasteiger partial charge in [0.25, 0.3) is 5.56 Å². The van der Waals surface area contributed by atoms with Crippen LogP contribution in [0.25, 0.3) is 10.9 Å². The first kappa shape index (κ1) is 19.2. The van der Waals surface area contributed by atoms with Crippen molar-refractivity contribution in [1.29, 1.82) is 0 Å². The summed E-state index contributed by atoms with van der Waals surface area (Å²) in [5.74, 6) is 0.736. The van der Waals surface area contributed by atoms with E-state index in [-0.39, 0.29) is 17.6 Å². The van der Waals surface area contributed by atoms with E-state index in [0.717, 1.165) is 16.5 Å². The minimum absolute atomic E-state index is 0.0449. The first-order valence-electron chi connectivity index (χ1n) is 9.78. The van der Waals surface area contributed by atoms with Crippen LogP contribution < -0.4 is 10.3 Å². The van der Waals surface area contributed by atoms with Gasteiger partial charge < -0.3 is 19.4 Å². The quantitative estimate of drug-likeness (QED) is 0.724. The molecule has 1 N–H and O–H groups in total. The van der Waals surface area contributed by atoms with Crippen LogP contribution in [0.4, 0.5) is 0 Å². The molecular weight excluding hydrogens is 368 g/mol. The van der Waals surface area contributed by atoms with Gasteiger partial charge in [-0.1, -0.05) is 30.3 Å². The Morgan fingerprint density at radius 1 is 1.21 bits per heavy atom. The highest BCUT2D eigenvalue weighted by atomic mass is 16.5. The SMILES string of the molecule is COc1ccc2cc(CCC(=O)N3CCOC(c4ccccc4)C3)c(=O)[nH]c2c1. The molecule has 150 valence electrons. The predicted molar refractivity (Wildman–Crippen MR) is 111 cm³/mol. The number of benzene rings is 2. The molecule has 0 spiro atoms. The third-order valence-corrected chi connectivity index (χ3v) is 5.33. The molecule has 1 saturated heterocycles. The molecule has 0 saturated carbocycles. The van der Waals surface area contributed by atoms with Crippen molar-refractivity contribution in [2.45, 2.75) is 18.9 Å². The van der Waals surface area contributed by atoms with Gasteiger partial charge in [-0.05, 0) is 35.6 Å². The Bertz CT molecular complexity index is 1060. The summed E-state index contributed by atoms with van der Waals surface area (Å²) in [6.07, 6.45) is 0.600. The highest BCUT2D eigenvalue weighted by molar-refractivity contribution is 5.81. The van der Waals surface area contributed by atoms with E-state index in [0.29, 0.717) is 43.9 Å². The summed E-state index contributed by atoms with van der Waals surface area (Å²) in [6, 6.07) is 17.4. The molecular formula is C23H24N2O4. The number of methoxy groups -OCH3 is 1. The molecule has 3 aromatic rings. The number of amides is 1. The van der Waals surface area contributed by atoms with Gasteiger partial charge in [0.1, 0.15) is 11.9 Å². The zero-order valence-corrected chi connectivity index (χ0v) is 16.4. The molecule has 1 unspecified atom stereocenters. The van der Waals surface area contributed by atoms with Gasteiger partial charge in [-0.15, -0.1) is 0 Å². The van der Waals surface area contributed by atoms with Crippen LogP contribution in [0.2, 0.25) is 0 Å². The minimum Gasteiger partial charge on any atom is -0.497 e. The van der Waals surface area contributed by atoms with Crippen molar-refractivity contribution in [3.8, 4) is 5.75 Å². The lowest BCUT2D eigenvalue weighted by Crippen LogP contribution is -2.42. The second kappa shape index (κ2) is 8.49. The van der Waals surface area contributed by atoms with Gasteiger partial charge in [-0.2, -0.15) is 0 Å². The Balaban J connectivity index is 1.42. The Hall–Kier alpha value is -3.12. The number of pyridine rings is 1. The van der Waals surface area contributed by atoms with Gasteiger partial charge in [-0.3, -0.25) is 9.59 Å². The number of hydrogen-bond acceptors (Lipinski definition) is 4. The third kappa shape index (κ3) is 4.32. The number of carbonyl (C=O) groups is 1. The van der Waals surface area contributed by atoms with Crippen LogP contribution >= 0.6 is 0 Å². The normalized spacial score (nSPS) is 16.7. The maximum absolute atomic E-state index is 12.7. The Kier molecular flexibility index (Phi) is 5.62. The zero-order valence-electron chi connectivity index (χ0n) is 16.4. The van der Waals surface area contributed by atoms with Gasteiger partial charge in [-0.25, -0.2) is 0 Å². The number of nitrogens with one attached hydrogen (secondary N) is 1. The minimum atomic E-state index is -0.164. The summed E-state index contributed by atoms with van der Waals surface area (Å²) >= 11 is 0. The maximum atomic E-state index is 12.7. The standard InChI is InChI=1S/C23H24N2O4/c1-28-19-9-7-17-13-18(23(27)24-20(17)14-19)8-10-22(26)25-11-12-29-21(15-25)16-5-3-2-4-6-16/h2-7,9,13-14,21H,8,10-12,15H2,1H3,(H,24,27). The molecule has 1 aliphatic heterocycles. The van der Waals surface area contributed by atoms with Crippen LogP contribution in [0, 0.1) is 0 Å². The van der Waals surface area contributed by atoms with Gasteiger partial charge in [0.2, 0.25) is 5.91 Å². The van der Waals surface area contributed by atoms with Crippen LogP contribution in [0.3, 0.4) is 0 Å². The molecule has 6 nitrogen and oxygen atoms in total. The van der Waals surface area contributed by atoms with Crippen LogP contribution in [0.15, 0.2) is 59.4 Å². The van der Waals surface area contributed by atoms with Crippen LogP contribution in [0.1, 0.15) is 23.7 Å². The molecule has 0 radical (unpaired) electrons. The van der Waals surface area contributed by atoms with E-state index in [4.69, 9.17) is 9.47 Å². The number of ether oxygens (including phenoxy) is 2. The highest BCUT2D eigenvalue weighted by Crippen LogP contribution is 2.23. The van der Waals surface area contributed by atoms with Gasteiger partial charge in [0.05, 0.1) is 25.8 Å². The van der Waals surface area contributed by atoms with E-state index in [1.165, 1.54) is 0 Å². The number of nitrogens with zero attached hydrogens (tertiary/aromatic N) is 1. The molecule has 0 aliphatic carbocycles. The number of hydrogen-bond donors (Lipinski definition) is 1. The summed E-state index contributed by atoms with van der Waals surface area (Å²) < 4.78 is 11.0. The molecule has 6 heteroatoms. The number of H-pyrrole nitrogens is 1. The lowest BCUT2D eigenvalue weighted by Gasteiger charge is -2.33. The molecule has 2 heterocycles. The molecule has 1 amide bonds. The number of aryl methyl sites for hydroxylation is 1. The zero-order chi connectivity index (χ0) is 20.2. The van der Waals surface area contributed by atoms with E-state index in [2.05, 4.69) is 4.98 Å². The molecule has 1 atom stereocenters. The first-order valence-corrected chi connectivity index (χ1v) is 9.78. The second-order valence-electron chi connectivity index (χ2n) is 7.19. The molecule has 2 aromatic carbocycles. The van der Waals surface area contributed by atoms with Crippen LogP contribution in [-0.4, -0.2) is 42.6 Å². The predicted octanol–water partition coefficient (Wildman–Crippen LogP) is 3.07. The van der Waals surface area contributed by atoms with E-state index < -0.39 is 0 Å². The Morgan fingerprint density at radius 2 is 2.03 bits per heavy atom. The molecule has 1 aromatic heterocycles. The summed E-state index contributed by atoms with van der Waals surface area (Å²) in [4.78, 5) is 29.9. The number of aromatic amines is 1. The van der Waals surface area contributed by atoms with E-state index >= 15 is 0 Å². The van der Waals surface area contributed by atoms with Crippen LogP contribution in [-0.2, 0) is 16.0 Å². The topological polar surface area (TPSA) is 71.6 Å². The lowest BCUT2D eigenvalue weighted by molar-refractivity contribution is -0.139. The summed E-state index contributed by atoms with van der Waals surface area (Å²) in [5, 5.41) is 0.920. The van der Waals surface area contributed by atoms with Crippen LogP contribution in [0.5, 0.6) is 5.75 Å². The van der Waals surface area contributed by atoms with Gasteiger partial charge in [0.15, 0.2) is 0 Å². The number of morpholine rings is 1. The van der Waals surface area contributed by atoms with E-state index in [1.54, 1.807) is 13.2 Å². The third-order valence-electron chi connectivity index (χ3n) is 5.33. The fraction of sp³-hybridized carbons (Fsp3) is 0.304. The second-order valence-corrected chi connectivity index (χ2v) is 7.19. The van der Waals surface area contributed by atoms with Crippen molar-refractivity contribution in [2.24, 2.45) is 0 Å². The Labute approximate surface area is 169 Å². The molecule has 0 bridgehead atoms. The van der Waals surface area contributed by atoms with Crippen molar-refractivity contribution in [2.75, 3.05) is 26.8 Å². The molecule has 1 fully saturated rings. The number of carbonyl (C=O) groups excluding carboxylic acids is 1. The molecule has 4 rings (SSSR count). The smallest absolute Gasteiger partial charge is 0.251 e. The lowest BCUT2D eigenvalue weighted by atomic mass is 10.1. The number of rotatable bonds is 5. The summed E-state index contributed by atoms with van der Waals surface area (Å²) in [5.41, 5.74) is 2.25. The van der Waals surface area contributed by atoms with E-state index in [9.17, 15) is 9.59 Å². The van der Waals surface area contributed by atoms with Crippen molar-refractivity contribution in [3.63, 3.8) is 0 Å². The number of fused-ring (bicyclic) bond motifs is 1. The van der Waals surface area contributed by atoms with Gasteiger partial charge >= 0.3 is 0 Å². The maximum Gasteiger partial charge on any atom is 0.251 e. The summed E-state index contributed by atoms with van der Waals surface area (Å²) in [7, 11) is 1.59.